The third-order valence-corrected chi connectivity index (χ3v) is 3.09. The van der Waals surface area contributed by atoms with Gasteiger partial charge in [0.05, 0.1) is 0 Å². The summed E-state index contributed by atoms with van der Waals surface area (Å²) >= 11 is 0. The van der Waals surface area contributed by atoms with E-state index < -0.39 is 0 Å². The molecule has 0 N–H and O–H groups in total. The van der Waals surface area contributed by atoms with E-state index >= 15 is 0 Å². The van der Waals surface area contributed by atoms with Crippen molar-refractivity contribution < 1.29 is 9.47 Å². The summed E-state index contributed by atoms with van der Waals surface area (Å²) in [5, 5.41) is 0. The zero-order chi connectivity index (χ0) is 10.9. The smallest absolute Gasteiger partial charge is 0.160 e. The summed E-state index contributed by atoms with van der Waals surface area (Å²) < 4.78 is 11.5. The standard InChI is InChI=1S/C13H26O2/c1-3-5-8-12-9-7-11-15-13(12)14-10-6-4-2/h12-13H,3-11H2,1-2H3. The second kappa shape index (κ2) is 8.12. The zero-order valence-electron chi connectivity index (χ0n) is 10.3. The SMILES string of the molecule is CCCCOC1OCCCC1CCCC. The molecule has 15 heavy (non-hydrogen) atoms. The molecule has 2 heteroatoms. The first-order chi connectivity index (χ1) is 7.38. The number of ether oxygens (including phenoxy) is 2. The van der Waals surface area contributed by atoms with Gasteiger partial charge in [0.1, 0.15) is 0 Å². The Morgan fingerprint density at radius 1 is 1.20 bits per heavy atom. The molecule has 0 aromatic heterocycles. The summed E-state index contributed by atoms with van der Waals surface area (Å²) in [5.74, 6) is 0.649. The van der Waals surface area contributed by atoms with Gasteiger partial charge in [-0.3, -0.25) is 0 Å². The molecule has 90 valence electrons. The molecule has 0 amide bonds. The minimum Gasteiger partial charge on any atom is -0.352 e. The Kier molecular flexibility index (Phi) is 7.03. The molecule has 0 aromatic carbocycles. The summed E-state index contributed by atoms with van der Waals surface area (Å²) in [6.45, 7) is 6.19. The van der Waals surface area contributed by atoms with Crippen LogP contribution in [0.15, 0.2) is 0 Å². The van der Waals surface area contributed by atoms with E-state index in [0.29, 0.717) is 5.92 Å². The molecule has 1 fully saturated rings. The maximum atomic E-state index is 5.81. The van der Waals surface area contributed by atoms with Crippen LogP contribution >= 0.6 is 0 Å². The normalized spacial score (nSPS) is 26.8. The van der Waals surface area contributed by atoms with Crippen LogP contribution in [0.2, 0.25) is 0 Å². The van der Waals surface area contributed by atoms with Gasteiger partial charge in [-0.2, -0.15) is 0 Å². The average molecular weight is 214 g/mol. The quantitative estimate of drug-likeness (QED) is 0.601. The van der Waals surface area contributed by atoms with Gasteiger partial charge in [0.2, 0.25) is 0 Å². The highest BCUT2D eigenvalue weighted by Crippen LogP contribution is 2.26. The van der Waals surface area contributed by atoms with Gasteiger partial charge in [-0.1, -0.05) is 33.1 Å². The number of rotatable bonds is 7. The third kappa shape index (κ3) is 4.98. The number of hydrogen-bond donors (Lipinski definition) is 0. The highest BCUT2D eigenvalue weighted by atomic mass is 16.7. The van der Waals surface area contributed by atoms with Crippen molar-refractivity contribution in [2.75, 3.05) is 13.2 Å². The predicted octanol–water partition coefficient (Wildman–Crippen LogP) is 3.75. The van der Waals surface area contributed by atoms with E-state index in [9.17, 15) is 0 Å². The first kappa shape index (κ1) is 13.0. The highest BCUT2D eigenvalue weighted by Gasteiger charge is 2.25. The Morgan fingerprint density at radius 3 is 2.73 bits per heavy atom. The van der Waals surface area contributed by atoms with Gasteiger partial charge in [-0.15, -0.1) is 0 Å². The minimum absolute atomic E-state index is 0.0943. The molecule has 0 aliphatic carbocycles. The van der Waals surface area contributed by atoms with E-state index in [1.807, 2.05) is 0 Å². The Morgan fingerprint density at radius 2 is 2.00 bits per heavy atom. The highest BCUT2D eigenvalue weighted by molar-refractivity contribution is 4.68. The lowest BCUT2D eigenvalue weighted by atomic mass is 9.94. The lowest BCUT2D eigenvalue weighted by Gasteiger charge is -2.31. The van der Waals surface area contributed by atoms with Crippen molar-refractivity contribution in [3.8, 4) is 0 Å². The molecule has 1 rings (SSSR count). The topological polar surface area (TPSA) is 18.5 Å². The fraction of sp³-hybridized carbons (Fsp3) is 1.00. The van der Waals surface area contributed by atoms with Crippen molar-refractivity contribution in [1.82, 2.24) is 0 Å². The molecule has 0 spiro atoms. The molecule has 2 nitrogen and oxygen atoms in total. The van der Waals surface area contributed by atoms with Gasteiger partial charge in [-0.05, 0) is 25.7 Å². The van der Waals surface area contributed by atoms with Crippen LogP contribution < -0.4 is 0 Å². The van der Waals surface area contributed by atoms with Gasteiger partial charge in [0.15, 0.2) is 6.29 Å². The van der Waals surface area contributed by atoms with Gasteiger partial charge >= 0.3 is 0 Å². The van der Waals surface area contributed by atoms with Gasteiger partial charge < -0.3 is 9.47 Å². The Labute approximate surface area is 94.3 Å². The van der Waals surface area contributed by atoms with Crippen molar-refractivity contribution in [3.63, 3.8) is 0 Å². The lowest BCUT2D eigenvalue weighted by molar-refractivity contribution is -0.194. The van der Waals surface area contributed by atoms with Crippen molar-refractivity contribution in [3.05, 3.63) is 0 Å². The average Bonchev–Trinajstić information content (AvgIpc) is 2.28. The van der Waals surface area contributed by atoms with E-state index in [1.54, 1.807) is 0 Å². The molecular formula is C13H26O2. The molecule has 1 aliphatic heterocycles. The zero-order valence-corrected chi connectivity index (χ0v) is 10.3. The molecule has 0 saturated carbocycles. The summed E-state index contributed by atoms with van der Waals surface area (Å²) in [6.07, 6.45) is 8.80. The van der Waals surface area contributed by atoms with Crippen LogP contribution in [0.5, 0.6) is 0 Å². The van der Waals surface area contributed by atoms with Crippen LogP contribution in [0.25, 0.3) is 0 Å². The minimum atomic E-state index is 0.0943. The molecule has 0 radical (unpaired) electrons. The Bertz CT molecular complexity index is 147. The van der Waals surface area contributed by atoms with E-state index in [2.05, 4.69) is 13.8 Å². The molecule has 1 heterocycles. The van der Waals surface area contributed by atoms with Crippen LogP contribution in [-0.2, 0) is 9.47 Å². The first-order valence-electron chi connectivity index (χ1n) is 6.61. The van der Waals surface area contributed by atoms with Crippen molar-refractivity contribution in [2.24, 2.45) is 5.92 Å². The van der Waals surface area contributed by atoms with Gasteiger partial charge in [-0.25, -0.2) is 0 Å². The molecule has 2 unspecified atom stereocenters. The predicted molar refractivity (Wildman–Crippen MR) is 62.8 cm³/mol. The van der Waals surface area contributed by atoms with Crippen molar-refractivity contribution in [1.29, 1.82) is 0 Å². The molecule has 1 aliphatic rings. The van der Waals surface area contributed by atoms with Crippen LogP contribution in [0.1, 0.15) is 58.8 Å². The first-order valence-corrected chi connectivity index (χ1v) is 6.61. The Balaban J connectivity index is 2.22. The Hall–Kier alpha value is -0.0800. The summed E-state index contributed by atoms with van der Waals surface area (Å²) in [7, 11) is 0. The lowest BCUT2D eigenvalue weighted by Crippen LogP contribution is -2.32. The van der Waals surface area contributed by atoms with Crippen LogP contribution in [-0.4, -0.2) is 19.5 Å². The maximum Gasteiger partial charge on any atom is 0.160 e. The largest absolute Gasteiger partial charge is 0.352 e. The van der Waals surface area contributed by atoms with E-state index in [-0.39, 0.29) is 6.29 Å². The fourth-order valence-corrected chi connectivity index (χ4v) is 2.09. The third-order valence-electron chi connectivity index (χ3n) is 3.09. The molecular weight excluding hydrogens is 188 g/mol. The van der Waals surface area contributed by atoms with Crippen LogP contribution in [0.3, 0.4) is 0 Å². The fourth-order valence-electron chi connectivity index (χ4n) is 2.09. The van der Waals surface area contributed by atoms with Gasteiger partial charge in [0.25, 0.3) is 0 Å². The second-order valence-electron chi connectivity index (χ2n) is 4.51. The molecule has 0 aromatic rings. The van der Waals surface area contributed by atoms with E-state index in [1.165, 1.54) is 38.5 Å². The summed E-state index contributed by atoms with van der Waals surface area (Å²) in [5.41, 5.74) is 0. The van der Waals surface area contributed by atoms with Crippen molar-refractivity contribution in [2.45, 2.75) is 65.1 Å². The van der Waals surface area contributed by atoms with Crippen LogP contribution in [0.4, 0.5) is 0 Å². The van der Waals surface area contributed by atoms with E-state index in [0.717, 1.165) is 19.6 Å². The molecule has 1 saturated heterocycles. The summed E-state index contributed by atoms with van der Waals surface area (Å²) in [4.78, 5) is 0. The molecule has 0 bridgehead atoms. The van der Waals surface area contributed by atoms with Crippen molar-refractivity contribution >= 4 is 0 Å². The molecule has 2 atom stereocenters. The monoisotopic (exact) mass is 214 g/mol. The van der Waals surface area contributed by atoms with Crippen LogP contribution in [0, 0.1) is 5.92 Å². The second-order valence-corrected chi connectivity index (χ2v) is 4.51. The van der Waals surface area contributed by atoms with Gasteiger partial charge in [0, 0.05) is 19.1 Å². The van der Waals surface area contributed by atoms with E-state index in [4.69, 9.17) is 9.47 Å². The maximum absolute atomic E-state index is 5.81. The number of unbranched alkanes of at least 4 members (excludes halogenated alkanes) is 2. The number of hydrogen-bond acceptors (Lipinski definition) is 2. The summed E-state index contributed by atoms with van der Waals surface area (Å²) in [6, 6.07) is 0.